The molecular weight excluding hydrogens is 895 g/mol. The van der Waals surface area contributed by atoms with Gasteiger partial charge in [0, 0.05) is 0 Å². The maximum absolute atomic E-state index is 13.2. The van der Waals surface area contributed by atoms with Crippen molar-refractivity contribution in [1.82, 2.24) is 5.32 Å². The summed E-state index contributed by atoms with van der Waals surface area (Å²) in [6.07, 6.45) is 47.2. The van der Waals surface area contributed by atoms with E-state index in [2.05, 4.69) is 31.3 Å². The van der Waals surface area contributed by atoms with E-state index in [4.69, 9.17) is 9.47 Å². The van der Waals surface area contributed by atoms with Crippen LogP contribution in [0.2, 0.25) is 0 Å². The highest BCUT2D eigenvalue weighted by Crippen LogP contribution is 2.24. The van der Waals surface area contributed by atoms with Crippen molar-refractivity contribution < 1.29 is 50.0 Å². The molecule has 0 radical (unpaired) electrons. The Labute approximate surface area is 436 Å². The molecule has 0 bridgehead atoms. The van der Waals surface area contributed by atoms with Crippen LogP contribution in [0.5, 0.6) is 0 Å². The lowest BCUT2D eigenvalue weighted by Crippen LogP contribution is -2.60. The van der Waals surface area contributed by atoms with Crippen LogP contribution in [-0.2, 0) is 14.3 Å². The molecule has 9 atom stereocenters. The zero-order chi connectivity index (χ0) is 51.8. The topological polar surface area (TPSA) is 189 Å². The number of aliphatic hydroxyl groups is 7. The van der Waals surface area contributed by atoms with Gasteiger partial charge < -0.3 is 50.5 Å². The van der Waals surface area contributed by atoms with E-state index in [1.807, 2.05) is 0 Å². The van der Waals surface area contributed by atoms with Crippen LogP contribution >= 0.6 is 0 Å². The van der Waals surface area contributed by atoms with Crippen molar-refractivity contribution in [2.45, 2.75) is 351 Å². The van der Waals surface area contributed by atoms with Gasteiger partial charge in [0.1, 0.15) is 36.6 Å². The molecule has 1 amide bonds. The van der Waals surface area contributed by atoms with Crippen molar-refractivity contribution in [3.8, 4) is 0 Å². The van der Waals surface area contributed by atoms with Crippen LogP contribution in [0, 0.1) is 0 Å². The molecule has 1 aliphatic heterocycles. The summed E-state index contributed by atoms with van der Waals surface area (Å²) in [7, 11) is 0. The molecule has 1 aliphatic rings. The first-order valence-corrected chi connectivity index (χ1v) is 30.6. The number of allylic oxidation sites excluding steroid dienone is 2. The fourth-order valence-corrected chi connectivity index (χ4v) is 10.1. The van der Waals surface area contributed by atoms with Gasteiger partial charge in [-0.1, -0.05) is 270 Å². The van der Waals surface area contributed by atoms with Gasteiger partial charge in [0.05, 0.1) is 25.4 Å². The van der Waals surface area contributed by atoms with Gasteiger partial charge in [-0.05, 0) is 38.5 Å². The van der Waals surface area contributed by atoms with Crippen molar-refractivity contribution in [3.63, 3.8) is 0 Å². The predicted molar refractivity (Wildman–Crippen MR) is 293 cm³/mol. The van der Waals surface area contributed by atoms with Crippen LogP contribution in [-0.4, -0.2) is 110 Å². The van der Waals surface area contributed by atoms with E-state index in [0.29, 0.717) is 19.3 Å². The zero-order valence-electron chi connectivity index (χ0n) is 46.2. The fourth-order valence-electron chi connectivity index (χ4n) is 10.1. The number of nitrogens with one attached hydrogen (secondary N) is 1. The maximum Gasteiger partial charge on any atom is 0.249 e. The highest BCUT2D eigenvalue weighted by atomic mass is 16.7. The first-order chi connectivity index (χ1) is 34.7. The molecule has 422 valence electrons. The molecule has 1 rings (SSSR count). The maximum atomic E-state index is 13.2. The number of carbonyl (C=O) groups is 1. The summed E-state index contributed by atoms with van der Waals surface area (Å²) in [5, 5.41) is 76.1. The van der Waals surface area contributed by atoms with Gasteiger partial charge in [-0.15, -0.1) is 0 Å². The van der Waals surface area contributed by atoms with Crippen molar-refractivity contribution >= 4 is 5.91 Å². The van der Waals surface area contributed by atoms with Gasteiger partial charge in [-0.25, -0.2) is 0 Å². The SMILES string of the molecule is CCCCCCCCCCCCCC/C=C\CCCCCCCCCCCCCCCCCC(O)C(=O)NC(COC1OC(CO)C(O)C(O)C1O)C(O)C(O)CCCCCCCCCCCCCCC. The summed E-state index contributed by atoms with van der Waals surface area (Å²) in [6.45, 7) is 3.48. The molecule has 1 fully saturated rings. The number of rotatable bonds is 53. The Balaban J connectivity index is 2.19. The molecule has 71 heavy (non-hydrogen) atoms. The van der Waals surface area contributed by atoms with E-state index < -0.39 is 74.2 Å². The molecule has 11 heteroatoms. The first kappa shape index (κ1) is 67.9. The van der Waals surface area contributed by atoms with Crippen molar-refractivity contribution in [2.75, 3.05) is 13.2 Å². The van der Waals surface area contributed by atoms with Crippen LogP contribution in [0.1, 0.15) is 296 Å². The van der Waals surface area contributed by atoms with Crippen molar-refractivity contribution in [1.29, 1.82) is 0 Å². The van der Waals surface area contributed by atoms with Gasteiger partial charge in [-0.3, -0.25) is 4.79 Å². The number of unbranched alkanes of at least 4 members (excludes halogenated alkanes) is 39. The normalized spacial score (nSPS) is 20.2. The average Bonchev–Trinajstić information content (AvgIpc) is 3.37. The number of carbonyl (C=O) groups excluding carboxylic acids is 1. The molecule has 11 nitrogen and oxygen atoms in total. The predicted octanol–water partition coefficient (Wildman–Crippen LogP) is 13.1. The van der Waals surface area contributed by atoms with Gasteiger partial charge in [0.2, 0.25) is 5.91 Å². The minimum atomic E-state index is -1.66. The monoisotopic (exact) mass is 1010 g/mol. The first-order valence-electron chi connectivity index (χ1n) is 30.6. The highest BCUT2D eigenvalue weighted by molar-refractivity contribution is 5.80. The van der Waals surface area contributed by atoms with E-state index in [1.165, 1.54) is 218 Å². The van der Waals surface area contributed by atoms with Crippen molar-refractivity contribution in [3.05, 3.63) is 12.2 Å². The van der Waals surface area contributed by atoms with E-state index in [-0.39, 0.29) is 6.42 Å². The Morgan fingerprint density at radius 2 is 0.817 bits per heavy atom. The van der Waals surface area contributed by atoms with E-state index in [0.717, 1.165) is 38.5 Å². The minimum Gasteiger partial charge on any atom is -0.394 e. The molecule has 0 spiro atoms. The van der Waals surface area contributed by atoms with Crippen LogP contribution in [0.4, 0.5) is 0 Å². The summed E-state index contributed by atoms with van der Waals surface area (Å²) in [6, 6.07) is -1.16. The second-order valence-corrected chi connectivity index (χ2v) is 21.8. The van der Waals surface area contributed by atoms with E-state index in [9.17, 15) is 40.5 Å². The molecular formula is C60H117NO10. The second kappa shape index (κ2) is 49.7. The van der Waals surface area contributed by atoms with Gasteiger partial charge in [0.15, 0.2) is 6.29 Å². The number of ether oxygens (including phenoxy) is 2. The average molecular weight is 1010 g/mol. The third kappa shape index (κ3) is 38.1. The molecule has 1 heterocycles. The van der Waals surface area contributed by atoms with E-state index >= 15 is 0 Å². The summed E-state index contributed by atoms with van der Waals surface area (Å²) in [5.41, 5.74) is 0. The van der Waals surface area contributed by atoms with Gasteiger partial charge in [0.25, 0.3) is 0 Å². The number of aliphatic hydroxyl groups excluding tert-OH is 7. The second-order valence-electron chi connectivity index (χ2n) is 21.8. The Hall–Kier alpha value is -1.15. The minimum absolute atomic E-state index is 0.264. The molecule has 0 aromatic rings. The molecule has 1 saturated heterocycles. The summed E-state index contributed by atoms with van der Waals surface area (Å²) in [4.78, 5) is 13.2. The molecule has 0 saturated carbocycles. The Kier molecular flexibility index (Phi) is 47.5. The summed E-state index contributed by atoms with van der Waals surface area (Å²) >= 11 is 0. The number of hydrogen-bond acceptors (Lipinski definition) is 10. The zero-order valence-corrected chi connectivity index (χ0v) is 46.2. The fraction of sp³-hybridized carbons (Fsp3) is 0.950. The molecule has 9 unspecified atom stereocenters. The lowest BCUT2D eigenvalue weighted by Gasteiger charge is -2.40. The Bertz CT molecular complexity index is 1160. The Morgan fingerprint density at radius 1 is 0.479 bits per heavy atom. The number of hydrogen-bond donors (Lipinski definition) is 8. The van der Waals surface area contributed by atoms with E-state index in [1.54, 1.807) is 0 Å². The van der Waals surface area contributed by atoms with Crippen LogP contribution in [0.25, 0.3) is 0 Å². The molecule has 8 N–H and O–H groups in total. The quantitative estimate of drug-likeness (QED) is 0.0215. The summed E-state index contributed by atoms with van der Waals surface area (Å²) < 4.78 is 11.1. The van der Waals surface area contributed by atoms with Crippen molar-refractivity contribution in [2.24, 2.45) is 0 Å². The third-order valence-electron chi connectivity index (χ3n) is 15.1. The third-order valence-corrected chi connectivity index (χ3v) is 15.1. The lowest BCUT2D eigenvalue weighted by atomic mass is 9.98. The van der Waals surface area contributed by atoms with Gasteiger partial charge in [-0.2, -0.15) is 0 Å². The molecule has 0 aromatic carbocycles. The van der Waals surface area contributed by atoms with Crippen LogP contribution < -0.4 is 5.32 Å². The number of amides is 1. The standard InChI is InChI=1S/C60H117NO10/c1-3-5-7-9-11-13-15-17-18-19-20-21-22-23-24-25-26-27-28-29-30-31-32-33-34-36-38-40-42-44-46-48-53(64)59(69)61-51(50-70-60-58(68)57(67)56(66)54(49-62)71-60)55(65)52(63)47-45-43-41-39-37-35-16-14-12-10-8-6-4-2/h23-24,51-58,60,62-68H,3-22,25-50H2,1-2H3,(H,61,69)/b24-23-. The van der Waals surface area contributed by atoms with Crippen LogP contribution in [0.3, 0.4) is 0 Å². The summed E-state index contributed by atoms with van der Waals surface area (Å²) in [5.74, 6) is -0.692. The Morgan fingerprint density at radius 3 is 1.18 bits per heavy atom. The van der Waals surface area contributed by atoms with Gasteiger partial charge >= 0.3 is 0 Å². The molecule has 0 aromatic heterocycles. The van der Waals surface area contributed by atoms with Crippen LogP contribution in [0.15, 0.2) is 12.2 Å². The largest absolute Gasteiger partial charge is 0.394 e. The smallest absolute Gasteiger partial charge is 0.249 e. The molecule has 0 aliphatic carbocycles. The highest BCUT2D eigenvalue weighted by Gasteiger charge is 2.44. The lowest BCUT2D eigenvalue weighted by molar-refractivity contribution is -0.303.